The molecule has 0 fully saturated rings. The van der Waals surface area contributed by atoms with E-state index in [1.165, 1.54) is 5.56 Å². The number of ether oxygens (including phenoxy) is 1. The highest BCUT2D eigenvalue weighted by atomic mass is 79.9. The van der Waals surface area contributed by atoms with E-state index in [1.54, 1.807) is 18.4 Å². The number of hydrogen-bond donors (Lipinski definition) is 1. The molecule has 2 aromatic rings. The molecule has 0 radical (unpaired) electrons. The molecule has 0 aliphatic carbocycles. The van der Waals surface area contributed by atoms with Crippen molar-refractivity contribution in [3.05, 3.63) is 44.4 Å². The maximum Gasteiger partial charge on any atom is 0.129 e. The molecule has 0 aliphatic heterocycles. The van der Waals surface area contributed by atoms with Gasteiger partial charge >= 0.3 is 0 Å². The second-order valence-electron chi connectivity index (χ2n) is 3.91. The van der Waals surface area contributed by atoms with Crippen LogP contribution in [0.3, 0.4) is 0 Å². The lowest BCUT2D eigenvalue weighted by Crippen LogP contribution is -2.20. The normalized spacial score (nSPS) is 12.8. The number of nitrogens with one attached hydrogen (secondary N) is 1. The summed E-state index contributed by atoms with van der Waals surface area (Å²) in [5.74, 6) is 1.78. The molecular weight excluding hydrogens is 314 g/mol. The molecule has 1 atom stereocenters. The molecular formula is C13H16BrNO2S. The molecule has 18 heavy (non-hydrogen) atoms. The van der Waals surface area contributed by atoms with Gasteiger partial charge in [-0.05, 0) is 51.6 Å². The van der Waals surface area contributed by atoms with Gasteiger partial charge in [0.2, 0.25) is 0 Å². The molecule has 0 aliphatic rings. The molecule has 0 saturated carbocycles. The molecule has 0 aromatic carbocycles. The Labute approximate surface area is 119 Å². The van der Waals surface area contributed by atoms with Crippen molar-refractivity contribution in [3.63, 3.8) is 0 Å². The number of halogens is 1. The minimum Gasteiger partial charge on any atom is -0.462 e. The standard InChI is InChI=1S/C13H16BrNO2S/c1-3-15-13(9-6-12(14)18-8-9)11-5-4-10(17-11)7-16-2/h4-6,8,13,15H,3,7H2,1-2H3. The van der Waals surface area contributed by atoms with Gasteiger partial charge in [-0.1, -0.05) is 6.92 Å². The van der Waals surface area contributed by atoms with E-state index in [4.69, 9.17) is 9.15 Å². The van der Waals surface area contributed by atoms with Crippen molar-refractivity contribution in [2.45, 2.75) is 19.6 Å². The first kappa shape index (κ1) is 13.8. The van der Waals surface area contributed by atoms with Gasteiger partial charge in [-0.25, -0.2) is 0 Å². The topological polar surface area (TPSA) is 34.4 Å². The fourth-order valence-electron chi connectivity index (χ4n) is 1.83. The quantitative estimate of drug-likeness (QED) is 0.871. The van der Waals surface area contributed by atoms with Crippen LogP contribution in [0.1, 0.15) is 30.0 Å². The van der Waals surface area contributed by atoms with E-state index in [0.29, 0.717) is 6.61 Å². The average Bonchev–Trinajstić information content (AvgIpc) is 2.96. The van der Waals surface area contributed by atoms with Gasteiger partial charge < -0.3 is 14.5 Å². The van der Waals surface area contributed by atoms with Crippen LogP contribution in [0, 0.1) is 0 Å². The van der Waals surface area contributed by atoms with Crippen LogP contribution in [-0.4, -0.2) is 13.7 Å². The van der Waals surface area contributed by atoms with Gasteiger partial charge in [-0.2, -0.15) is 0 Å². The molecule has 5 heteroatoms. The predicted molar refractivity (Wildman–Crippen MR) is 77.0 cm³/mol. The Balaban J connectivity index is 2.23. The van der Waals surface area contributed by atoms with Crippen molar-refractivity contribution in [1.29, 1.82) is 0 Å². The largest absolute Gasteiger partial charge is 0.462 e. The second kappa shape index (κ2) is 6.52. The molecule has 98 valence electrons. The average molecular weight is 330 g/mol. The van der Waals surface area contributed by atoms with Crippen LogP contribution >= 0.6 is 27.3 Å². The Kier molecular flexibility index (Phi) is 5.00. The number of thiophene rings is 1. The summed E-state index contributed by atoms with van der Waals surface area (Å²) >= 11 is 5.17. The minimum atomic E-state index is 0.100. The highest BCUT2D eigenvalue weighted by Crippen LogP contribution is 2.30. The van der Waals surface area contributed by atoms with Crippen LogP contribution in [0.15, 0.2) is 31.8 Å². The third-order valence-corrected chi connectivity index (χ3v) is 4.11. The molecule has 2 aromatic heterocycles. The van der Waals surface area contributed by atoms with Crippen molar-refractivity contribution in [2.24, 2.45) is 0 Å². The number of hydrogen-bond acceptors (Lipinski definition) is 4. The Morgan fingerprint density at radius 1 is 1.50 bits per heavy atom. The third-order valence-electron chi connectivity index (χ3n) is 2.58. The Hall–Kier alpha value is -0.620. The van der Waals surface area contributed by atoms with E-state index in [1.807, 2.05) is 12.1 Å². The number of furan rings is 1. The molecule has 0 bridgehead atoms. The van der Waals surface area contributed by atoms with Crippen LogP contribution < -0.4 is 5.32 Å². The Bertz CT molecular complexity index is 495. The highest BCUT2D eigenvalue weighted by molar-refractivity contribution is 9.11. The summed E-state index contributed by atoms with van der Waals surface area (Å²) in [4.78, 5) is 0. The maximum absolute atomic E-state index is 5.80. The Morgan fingerprint density at radius 2 is 2.33 bits per heavy atom. The van der Waals surface area contributed by atoms with E-state index in [2.05, 4.69) is 39.6 Å². The van der Waals surface area contributed by atoms with Crippen molar-refractivity contribution in [3.8, 4) is 0 Å². The highest BCUT2D eigenvalue weighted by Gasteiger charge is 2.18. The smallest absolute Gasteiger partial charge is 0.129 e. The van der Waals surface area contributed by atoms with Gasteiger partial charge in [0.15, 0.2) is 0 Å². The van der Waals surface area contributed by atoms with Crippen LogP contribution in [0.25, 0.3) is 0 Å². The fourth-order valence-corrected chi connectivity index (χ4v) is 3.03. The molecule has 1 N–H and O–H groups in total. The molecule has 2 rings (SSSR count). The SMILES string of the molecule is CCNC(c1csc(Br)c1)c1ccc(COC)o1. The lowest BCUT2D eigenvalue weighted by atomic mass is 10.1. The van der Waals surface area contributed by atoms with Crippen LogP contribution in [0.4, 0.5) is 0 Å². The van der Waals surface area contributed by atoms with Crippen LogP contribution in [0.5, 0.6) is 0 Å². The van der Waals surface area contributed by atoms with E-state index in [0.717, 1.165) is 21.9 Å². The lowest BCUT2D eigenvalue weighted by Gasteiger charge is -2.14. The maximum atomic E-state index is 5.80. The summed E-state index contributed by atoms with van der Waals surface area (Å²) in [7, 11) is 1.67. The van der Waals surface area contributed by atoms with Gasteiger partial charge in [0.25, 0.3) is 0 Å². The summed E-state index contributed by atoms with van der Waals surface area (Å²) < 4.78 is 12.0. The van der Waals surface area contributed by atoms with Gasteiger partial charge in [0.05, 0.1) is 9.83 Å². The zero-order chi connectivity index (χ0) is 13.0. The third kappa shape index (κ3) is 3.23. The molecule has 0 amide bonds. The van der Waals surface area contributed by atoms with Gasteiger partial charge in [0, 0.05) is 7.11 Å². The predicted octanol–water partition coefficient (Wildman–Crippen LogP) is 3.95. The van der Waals surface area contributed by atoms with Crippen molar-refractivity contribution < 1.29 is 9.15 Å². The minimum absolute atomic E-state index is 0.100. The zero-order valence-electron chi connectivity index (χ0n) is 10.4. The first-order chi connectivity index (χ1) is 8.74. The molecule has 2 heterocycles. The monoisotopic (exact) mass is 329 g/mol. The van der Waals surface area contributed by atoms with Crippen molar-refractivity contribution in [2.75, 3.05) is 13.7 Å². The van der Waals surface area contributed by atoms with Gasteiger partial charge in [-0.15, -0.1) is 11.3 Å². The van der Waals surface area contributed by atoms with E-state index in [-0.39, 0.29) is 6.04 Å². The fraction of sp³-hybridized carbons (Fsp3) is 0.385. The summed E-state index contributed by atoms with van der Waals surface area (Å²) in [5.41, 5.74) is 1.21. The van der Waals surface area contributed by atoms with Crippen LogP contribution in [-0.2, 0) is 11.3 Å². The number of methoxy groups -OCH3 is 1. The zero-order valence-corrected chi connectivity index (χ0v) is 12.8. The van der Waals surface area contributed by atoms with Crippen molar-refractivity contribution >= 4 is 27.3 Å². The Morgan fingerprint density at radius 3 is 2.94 bits per heavy atom. The summed E-state index contributed by atoms with van der Waals surface area (Å²) in [6.07, 6.45) is 0. The summed E-state index contributed by atoms with van der Waals surface area (Å²) in [5, 5.41) is 5.57. The van der Waals surface area contributed by atoms with E-state index >= 15 is 0 Å². The molecule has 1 unspecified atom stereocenters. The van der Waals surface area contributed by atoms with Gasteiger partial charge in [0.1, 0.15) is 18.1 Å². The van der Waals surface area contributed by atoms with Crippen LogP contribution in [0.2, 0.25) is 0 Å². The second-order valence-corrected chi connectivity index (χ2v) is 6.20. The van der Waals surface area contributed by atoms with E-state index < -0.39 is 0 Å². The molecule has 0 spiro atoms. The first-order valence-electron chi connectivity index (χ1n) is 5.79. The lowest BCUT2D eigenvalue weighted by molar-refractivity contribution is 0.162. The van der Waals surface area contributed by atoms with Gasteiger partial charge in [-0.3, -0.25) is 0 Å². The number of rotatable bonds is 6. The summed E-state index contributed by atoms with van der Waals surface area (Å²) in [6.45, 7) is 3.48. The van der Waals surface area contributed by atoms with Crippen molar-refractivity contribution in [1.82, 2.24) is 5.32 Å². The van der Waals surface area contributed by atoms with E-state index in [9.17, 15) is 0 Å². The molecule has 3 nitrogen and oxygen atoms in total. The first-order valence-corrected chi connectivity index (χ1v) is 7.46. The summed E-state index contributed by atoms with van der Waals surface area (Å²) in [6, 6.07) is 6.19. The molecule has 0 saturated heterocycles.